The molecule has 0 radical (unpaired) electrons. The van der Waals surface area contributed by atoms with E-state index in [1.807, 2.05) is 23.5 Å². The standard InChI is InChI=1S/C15H13ClS/c1-9-7-13-14(8-9)17-10(2)15(13)11-3-5-12(16)6-4-11/h3-7H,8H2,1-2H3. The van der Waals surface area contributed by atoms with Crippen molar-refractivity contribution < 1.29 is 0 Å². The summed E-state index contributed by atoms with van der Waals surface area (Å²) >= 11 is 7.87. The Kier molecular flexibility index (Phi) is 2.61. The molecule has 2 heteroatoms. The third-order valence-electron chi connectivity index (χ3n) is 3.16. The molecule has 3 rings (SSSR count). The minimum absolute atomic E-state index is 0.796. The predicted molar refractivity (Wildman–Crippen MR) is 76.9 cm³/mol. The largest absolute Gasteiger partial charge is 0.144 e. The van der Waals surface area contributed by atoms with Crippen LogP contribution in [0, 0.1) is 6.92 Å². The summed E-state index contributed by atoms with van der Waals surface area (Å²) in [6.45, 7) is 4.41. The molecule has 0 unspecified atom stereocenters. The number of hydrogen-bond acceptors (Lipinski definition) is 1. The van der Waals surface area contributed by atoms with E-state index in [0.717, 1.165) is 11.4 Å². The van der Waals surface area contributed by atoms with Crippen LogP contribution in [0.15, 0.2) is 29.8 Å². The van der Waals surface area contributed by atoms with E-state index < -0.39 is 0 Å². The molecule has 0 aliphatic heterocycles. The van der Waals surface area contributed by atoms with E-state index in [2.05, 4.69) is 32.1 Å². The summed E-state index contributed by atoms with van der Waals surface area (Å²) in [5.74, 6) is 0. The second-order valence-corrected chi connectivity index (χ2v) is 6.29. The van der Waals surface area contributed by atoms with Crippen LogP contribution in [0.2, 0.25) is 5.02 Å². The molecule has 0 bridgehead atoms. The number of benzene rings is 1. The van der Waals surface area contributed by atoms with Crippen molar-refractivity contribution in [3.8, 4) is 11.1 Å². The lowest BCUT2D eigenvalue weighted by Crippen LogP contribution is -1.80. The molecule has 0 nitrogen and oxygen atoms in total. The van der Waals surface area contributed by atoms with Gasteiger partial charge in [0.2, 0.25) is 0 Å². The molecular weight excluding hydrogens is 248 g/mol. The van der Waals surface area contributed by atoms with Crippen LogP contribution >= 0.6 is 22.9 Å². The molecule has 0 spiro atoms. The maximum atomic E-state index is 5.94. The molecule has 2 aromatic rings. The molecule has 1 aromatic heterocycles. The molecule has 17 heavy (non-hydrogen) atoms. The van der Waals surface area contributed by atoms with Gasteiger partial charge in [0, 0.05) is 26.8 Å². The molecule has 1 aliphatic rings. The molecule has 0 fully saturated rings. The van der Waals surface area contributed by atoms with Gasteiger partial charge in [-0.15, -0.1) is 11.3 Å². The van der Waals surface area contributed by atoms with Crippen molar-refractivity contribution in [3.05, 3.63) is 50.2 Å². The number of allylic oxidation sites excluding steroid dienone is 1. The average Bonchev–Trinajstić information content (AvgIpc) is 2.75. The minimum atomic E-state index is 0.796. The van der Waals surface area contributed by atoms with Gasteiger partial charge in [0.15, 0.2) is 0 Å². The van der Waals surface area contributed by atoms with Crippen LogP contribution in [0.1, 0.15) is 22.2 Å². The zero-order valence-corrected chi connectivity index (χ0v) is 11.5. The molecule has 0 saturated heterocycles. The van der Waals surface area contributed by atoms with Crippen molar-refractivity contribution in [1.82, 2.24) is 0 Å². The Balaban J connectivity index is 2.18. The summed E-state index contributed by atoms with van der Waals surface area (Å²) in [4.78, 5) is 2.91. The van der Waals surface area contributed by atoms with Crippen molar-refractivity contribution in [2.45, 2.75) is 20.3 Å². The third-order valence-corrected chi connectivity index (χ3v) is 4.53. The van der Waals surface area contributed by atoms with Gasteiger partial charge < -0.3 is 0 Å². The van der Waals surface area contributed by atoms with Gasteiger partial charge in [0.25, 0.3) is 0 Å². The Morgan fingerprint density at radius 3 is 2.53 bits per heavy atom. The van der Waals surface area contributed by atoms with E-state index in [1.165, 1.54) is 32.0 Å². The van der Waals surface area contributed by atoms with Crippen LogP contribution < -0.4 is 0 Å². The molecule has 1 heterocycles. The number of rotatable bonds is 1. The highest BCUT2D eigenvalue weighted by atomic mass is 35.5. The molecule has 1 aliphatic carbocycles. The van der Waals surface area contributed by atoms with Crippen LogP contribution in [0.25, 0.3) is 17.2 Å². The first-order valence-electron chi connectivity index (χ1n) is 5.70. The van der Waals surface area contributed by atoms with Gasteiger partial charge in [0.1, 0.15) is 0 Å². The summed E-state index contributed by atoms with van der Waals surface area (Å²) in [5.41, 5.74) is 5.54. The van der Waals surface area contributed by atoms with Crippen molar-refractivity contribution in [3.63, 3.8) is 0 Å². The molecule has 86 valence electrons. The Hall–Kier alpha value is -1.05. The van der Waals surface area contributed by atoms with Crippen LogP contribution in [0.4, 0.5) is 0 Å². The maximum Gasteiger partial charge on any atom is 0.0406 e. The Morgan fingerprint density at radius 1 is 1.12 bits per heavy atom. The van der Waals surface area contributed by atoms with E-state index in [1.54, 1.807) is 0 Å². The smallest absolute Gasteiger partial charge is 0.0406 e. The van der Waals surface area contributed by atoms with Gasteiger partial charge in [-0.25, -0.2) is 0 Å². The van der Waals surface area contributed by atoms with E-state index in [4.69, 9.17) is 11.6 Å². The molecule has 0 saturated carbocycles. The minimum Gasteiger partial charge on any atom is -0.144 e. The van der Waals surface area contributed by atoms with Gasteiger partial charge in [-0.1, -0.05) is 35.4 Å². The zero-order valence-electron chi connectivity index (χ0n) is 9.88. The topological polar surface area (TPSA) is 0 Å². The first-order chi connectivity index (χ1) is 8.15. The second-order valence-electron chi connectivity index (χ2n) is 4.54. The quantitative estimate of drug-likeness (QED) is 0.650. The summed E-state index contributed by atoms with van der Waals surface area (Å²) in [6, 6.07) is 8.15. The van der Waals surface area contributed by atoms with Gasteiger partial charge in [-0.3, -0.25) is 0 Å². The number of halogens is 1. The van der Waals surface area contributed by atoms with Crippen LogP contribution in [0.3, 0.4) is 0 Å². The highest BCUT2D eigenvalue weighted by Crippen LogP contribution is 2.42. The van der Waals surface area contributed by atoms with Crippen LogP contribution in [-0.4, -0.2) is 0 Å². The van der Waals surface area contributed by atoms with Gasteiger partial charge in [-0.2, -0.15) is 0 Å². The fourth-order valence-corrected chi connectivity index (χ4v) is 3.83. The Bertz CT molecular complexity index is 603. The van der Waals surface area contributed by atoms with Crippen molar-refractivity contribution in [2.75, 3.05) is 0 Å². The average molecular weight is 261 g/mol. The summed E-state index contributed by atoms with van der Waals surface area (Å²) in [7, 11) is 0. The molecule has 0 amide bonds. The highest BCUT2D eigenvalue weighted by molar-refractivity contribution is 7.12. The summed E-state index contributed by atoms with van der Waals surface area (Å²) in [6.07, 6.45) is 3.44. The fraction of sp³-hybridized carbons (Fsp3) is 0.200. The molecule has 0 atom stereocenters. The fourth-order valence-electron chi connectivity index (χ4n) is 2.43. The lowest BCUT2D eigenvalue weighted by atomic mass is 10.0. The number of aryl methyl sites for hydroxylation is 1. The predicted octanol–water partition coefficient (Wildman–Crippen LogP) is 5.34. The molecule has 0 N–H and O–H groups in total. The normalized spacial score (nSPS) is 13.7. The molecule has 1 aromatic carbocycles. The van der Waals surface area contributed by atoms with Crippen molar-refractivity contribution >= 4 is 29.0 Å². The maximum absolute atomic E-state index is 5.94. The highest BCUT2D eigenvalue weighted by Gasteiger charge is 2.19. The SMILES string of the molecule is CC1=Cc2c(sc(C)c2-c2ccc(Cl)cc2)C1. The third kappa shape index (κ3) is 1.84. The number of hydrogen-bond donors (Lipinski definition) is 0. The Morgan fingerprint density at radius 2 is 1.82 bits per heavy atom. The first-order valence-corrected chi connectivity index (χ1v) is 6.90. The lowest BCUT2D eigenvalue weighted by molar-refractivity contribution is 1.24. The van der Waals surface area contributed by atoms with E-state index >= 15 is 0 Å². The zero-order chi connectivity index (χ0) is 12.0. The van der Waals surface area contributed by atoms with Crippen molar-refractivity contribution in [2.24, 2.45) is 0 Å². The van der Waals surface area contributed by atoms with Gasteiger partial charge >= 0.3 is 0 Å². The van der Waals surface area contributed by atoms with Crippen molar-refractivity contribution in [1.29, 1.82) is 0 Å². The van der Waals surface area contributed by atoms with E-state index in [-0.39, 0.29) is 0 Å². The van der Waals surface area contributed by atoms with E-state index in [9.17, 15) is 0 Å². The summed E-state index contributed by atoms with van der Waals surface area (Å²) in [5, 5.41) is 0.796. The Labute approximate surface area is 111 Å². The first kappa shape index (κ1) is 11.1. The lowest BCUT2D eigenvalue weighted by Gasteiger charge is -2.03. The number of fused-ring (bicyclic) bond motifs is 1. The van der Waals surface area contributed by atoms with Gasteiger partial charge in [0.05, 0.1) is 0 Å². The summed E-state index contributed by atoms with van der Waals surface area (Å²) < 4.78 is 0. The van der Waals surface area contributed by atoms with Crippen LogP contribution in [-0.2, 0) is 6.42 Å². The van der Waals surface area contributed by atoms with Gasteiger partial charge in [-0.05, 0) is 37.1 Å². The number of thiophene rings is 1. The van der Waals surface area contributed by atoms with E-state index in [0.29, 0.717) is 0 Å². The second kappa shape index (κ2) is 4.01. The molecular formula is C15H13ClS. The van der Waals surface area contributed by atoms with Crippen LogP contribution in [0.5, 0.6) is 0 Å². The monoisotopic (exact) mass is 260 g/mol.